The zero-order valence-corrected chi connectivity index (χ0v) is 16.2. The lowest BCUT2D eigenvalue weighted by molar-refractivity contribution is -0.122. The molecule has 2 amide bonds. The smallest absolute Gasteiger partial charge is 0.341 e. The van der Waals surface area contributed by atoms with Crippen molar-refractivity contribution in [2.75, 3.05) is 26.2 Å². The molecule has 1 aliphatic heterocycles. The number of carbonyl (C=O) groups is 3. The van der Waals surface area contributed by atoms with Gasteiger partial charge < -0.3 is 14.2 Å². The lowest BCUT2D eigenvalue weighted by atomic mass is 9.99. The number of hydrogen-bond donors (Lipinski definition) is 0. The molecular formula is C21H18FNO6. The molecule has 1 heterocycles. The summed E-state index contributed by atoms with van der Waals surface area (Å²) in [6.45, 7) is 1.21. The number of ether oxygens (including phenoxy) is 3. The fourth-order valence-corrected chi connectivity index (χ4v) is 3.32. The molecule has 0 spiro atoms. The van der Waals surface area contributed by atoms with Crippen molar-refractivity contribution >= 4 is 34.8 Å². The Balaban J connectivity index is 2.34. The van der Waals surface area contributed by atoms with Gasteiger partial charge in [0.05, 0.1) is 38.2 Å². The second kappa shape index (κ2) is 7.75. The van der Waals surface area contributed by atoms with Gasteiger partial charge in [-0.25, -0.2) is 14.1 Å². The molecule has 2 aromatic rings. The Bertz CT molecular complexity index is 1060. The van der Waals surface area contributed by atoms with E-state index in [2.05, 4.69) is 0 Å². The average Bonchev–Trinajstić information content (AvgIpc) is 2.99. The molecule has 0 aromatic heterocycles. The van der Waals surface area contributed by atoms with Gasteiger partial charge >= 0.3 is 5.97 Å². The van der Waals surface area contributed by atoms with Crippen LogP contribution in [0, 0.1) is 5.82 Å². The highest BCUT2D eigenvalue weighted by molar-refractivity contribution is 6.43. The molecule has 0 radical (unpaired) electrons. The first kappa shape index (κ1) is 20.1. The quantitative estimate of drug-likeness (QED) is 0.447. The predicted octanol–water partition coefficient (Wildman–Crippen LogP) is 3.03. The van der Waals surface area contributed by atoms with Crippen LogP contribution in [-0.4, -0.2) is 39.1 Å². The number of fused-ring (bicyclic) bond motifs is 1. The summed E-state index contributed by atoms with van der Waals surface area (Å²) in [5, 5.41) is 0. The van der Waals surface area contributed by atoms with Crippen LogP contribution in [0.4, 0.5) is 10.1 Å². The van der Waals surface area contributed by atoms with Crippen LogP contribution in [0.1, 0.15) is 28.4 Å². The Morgan fingerprint density at radius 3 is 2.28 bits per heavy atom. The third kappa shape index (κ3) is 3.22. The molecule has 0 unspecified atom stereocenters. The Morgan fingerprint density at radius 2 is 1.69 bits per heavy atom. The maximum absolute atomic E-state index is 13.8. The Kier molecular flexibility index (Phi) is 5.36. The second-order valence-corrected chi connectivity index (χ2v) is 6.11. The van der Waals surface area contributed by atoms with E-state index in [1.54, 1.807) is 12.1 Å². The van der Waals surface area contributed by atoms with Crippen LogP contribution in [0.15, 0.2) is 36.4 Å². The third-order valence-corrected chi connectivity index (χ3v) is 4.50. The van der Waals surface area contributed by atoms with Crippen LogP contribution in [-0.2, 0) is 19.1 Å². The highest BCUT2D eigenvalue weighted by Gasteiger charge is 2.39. The number of esters is 1. The number of amides is 2. The highest BCUT2D eigenvalue weighted by Crippen LogP contribution is 2.43. The zero-order valence-electron chi connectivity index (χ0n) is 16.2. The normalized spacial score (nSPS) is 14.4. The molecule has 0 N–H and O–H groups in total. The van der Waals surface area contributed by atoms with Gasteiger partial charge in [0, 0.05) is 12.5 Å². The first-order chi connectivity index (χ1) is 13.8. The Labute approximate surface area is 166 Å². The van der Waals surface area contributed by atoms with Crippen LogP contribution in [0.25, 0.3) is 11.3 Å². The van der Waals surface area contributed by atoms with Gasteiger partial charge in [-0.1, -0.05) is 6.07 Å². The summed E-state index contributed by atoms with van der Waals surface area (Å²) in [7, 11) is 3.95. The van der Waals surface area contributed by atoms with E-state index in [0.29, 0.717) is 11.1 Å². The molecule has 8 heteroatoms. The van der Waals surface area contributed by atoms with E-state index in [1.165, 1.54) is 46.5 Å². The standard InChI is InChI=1S/C21H18FNO6/c1-11(24)23-16-10-12(22)8-9-13(16)17(20(23)25)19(28-3)14-6-5-7-15(18(14)27-2)21(26)29-4/h5-10H,1-4H3. The number of hydrogen-bond acceptors (Lipinski definition) is 6. The molecule has 2 aromatic carbocycles. The summed E-state index contributed by atoms with van der Waals surface area (Å²) in [6, 6.07) is 8.38. The molecule has 0 fully saturated rings. The number of rotatable bonds is 4. The van der Waals surface area contributed by atoms with Crippen LogP contribution >= 0.6 is 0 Å². The number of halogens is 1. The van der Waals surface area contributed by atoms with Crippen molar-refractivity contribution in [2.45, 2.75) is 6.92 Å². The molecule has 1 aliphatic rings. The van der Waals surface area contributed by atoms with E-state index >= 15 is 0 Å². The van der Waals surface area contributed by atoms with E-state index in [4.69, 9.17) is 14.2 Å². The third-order valence-electron chi connectivity index (χ3n) is 4.50. The van der Waals surface area contributed by atoms with Crippen molar-refractivity contribution in [3.8, 4) is 5.75 Å². The number of anilines is 1. The van der Waals surface area contributed by atoms with Gasteiger partial charge in [0.1, 0.15) is 22.9 Å². The van der Waals surface area contributed by atoms with Crippen molar-refractivity contribution in [2.24, 2.45) is 0 Å². The summed E-state index contributed by atoms with van der Waals surface area (Å²) in [4.78, 5) is 38.1. The predicted molar refractivity (Wildman–Crippen MR) is 103 cm³/mol. The molecule has 7 nitrogen and oxygen atoms in total. The van der Waals surface area contributed by atoms with Gasteiger partial charge in [-0.2, -0.15) is 0 Å². The Morgan fingerprint density at radius 1 is 1.00 bits per heavy atom. The van der Waals surface area contributed by atoms with Crippen molar-refractivity contribution < 1.29 is 33.0 Å². The summed E-state index contributed by atoms with van der Waals surface area (Å²) in [5.74, 6) is -2.23. The van der Waals surface area contributed by atoms with Gasteiger partial charge in [0.2, 0.25) is 5.91 Å². The maximum Gasteiger partial charge on any atom is 0.341 e. The SMILES string of the molecule is COC(=O)c1cccc(C(OC)=C2C(=O)N(C(C)=O)c3cc(F)ccc32)c1OC. The van der Waals surface area contributed by atoms with Gasteiger partial charge in [-0.15, -0.1) is 0 Å². The molecule has 0 saturated carbocycles. The summed E-state index contributed by atoms with van der Waals surface area (Å²) >= 11 is 0. The summed E-state index contributed by atoms with van der Waals surface area (Å²) < 4.78 is 29.5. The fraction of sp³-hybridized carbons (Fsp3) is 0.190. The van der Waals surface area contributed by atoms with Gasteiger partial charge in [0.25, 0.3) is 5.91 Å². The molecule has 0 saturated heterocycles. The van der Waals surface area contributed by atoms with Crippen molar-refractivity contribution in [3.05, 3.63) is 58.9 Å². The largest absolute Gasteiger partial charge is 0.495 e. The summed E-state index contributed by atoms with van der Waals surface area (Å²) in [5.41, 5.74) is 0.944. The highest BCUT2D eigenvalue weighted by atomic mass is 19.1. The van der Waals surface area contributed by atoms with Crippen LogP contribution in [0.5, 0.6) is 5.75 Å². The van der Waals surface area contributed by atoms with E-state index in [0.717, 1.165) is 11.0 Å². The fourth-order valence-electron chi connectivity index (χ4n) is 3.32. The number of imide groups is 1. The van der Waals surface area contributed by atoms with Crippen molar-refractivity contribution in [1.82, 2.24) is 0 Å². The van der Waals surface area contributed by atoms with E-state index in [1.807, 2.05) is 0 Å². The minimum Gasteiger partial charge on any atom is -0.495 e. The van der Waals surface area contributed by atoms with Gasteiger partial charge in [0.15, 0.2) is 0 Å². The molecule has 150 valence electrons. The second-order valence-electron chi connectivity index (χ2n) is 6.11. The maximum atomic E-state index is 13.8. The minimum absolute atomic E-state index is 0.0537. The average molecular weight is 399 g/mol. The number of para-hydroxylation sites is 1. The molecule has 0 aliphatic carbocycles. The first-order valence-corrected chi connectivity index (χ1v) is 8.54. The number of carbonyl (C=O) groups excluding carboxylic acids is 3. The number of methoxy groups -OCH3 is 3. The Hall–Kier alpha value is -3.68. The molecule has 3 rings (SSSR count). The van der Waals surface area contributed by atoms with Gasteiger partial charge in [-0.05, 0) is 30.3 Å². The van der Waals surface area contributed by atoms with Crippen molar-refractivity contribution in [1.29, 1.82) is 0 Å². The van der Waals surface area contributed by atoms with Crippen LogP contribution < -0.4 is 9.64 Å². The van der Waals surface area contributed by atoms with Crippen LogP contribution in [0.2, 0.25) is 0 Å². The molecule has 0 atom stereocenters. The molecular weight excluding hydrogens is 381 g/mol. The molecule has 29 heavy (non-hydrogen) atoms. The van der Waals surface area contributed by atoms with E-state index < -0.39 is 23.6 Å². The first-order valence-electron chi connectivity index (χ1n) is 8.54. The summed E-state index contributed by atoms with van der Waals surface area (Å²) in [6.07, 6.45) is 0. The van der Waals surface area contributed by atoms with Gasteiger partial charge in [-0.3, -0.25) is 9.59 Å². The lowest BCUT2D eigenvalue weighted by Gasteiger charge is -2.16. The van der Waals surface area contributed by atoms with Crippen molar-refractivity contribution in [3.63, 3.8) is 0 Å². The minimum atomic E-state index is -0.666. The van der Waals surface area contributed by atoms with E-state index in [-0.39, 0.29) is 28.3 Å². The monoisotopic (exact) mass is 399 g/mol. The number of benzene rings is 2. The number of nitrogens with zero attached hydrogens (tertiary/aromatic N) is 1. The van der Waals surface area contributed by atoms with Crippen LogP contribution in [0.3, 0.4) is 0 Å². The lowest BCUT2D eigenvalue weighted by Crippen LogP contribution is -2.31. The zero-order chi connectivity index (χ0) is 21.3. The topological polar surface area (TPSA) is 82.1 Å². The van der Waals surface area contributed by atoms with E-state index in [9.17, 15) is 18.8 Å². The molecule has 0 bridgehead atoms.